The second-order valence-corrected chi connectivity index (χ2v) is 9.66. The average Bonchev–Trinajstić information content (AvgIpc) is 3.27. The fourth-order valence-electron chi connectivity index (χ4n) is 5.66. The van der Waals surface area contributed by atoms with E-state index in [1.54, 1.807) is 12.1 Å². The standard InChI is InChI=1S/C29H28F2O3/c30-22-7-3-19(4-8-22)21-15-26(20-5-9-23(31)10-6-20)27(29(18-21)13-1-2-14-29)12-11-25-16-24(32)17-28(33)34-25/h3-12,15,24-25,32H,1-2,13-14,16-18H2. The summed E-state index contributed by atoms with van der Waals surface area (Å²) in [4.78, 5) is 11.8. The number of halogens is 2. The van der Waals surface area contributed by atoms with Crippen LogP contribution in [0.15, 0.2) is 72.3 Å². The van der Waals surface area contributed by atoms with E-state index in [0.717, 1.165) is 60.0 Å². The number of hydrogen-bond acceptors (Lipinski definition) is 3. The first kappa shape index (κ1) is 22.7. The molecule has 3 nitrogen and oxygen atoms in total. The third-order valence-electron chi connectivity index (χ3n) is 7.31. The van der Waals surface area contributed by atoms with Gasteiger partial charge >= 0.3 is 5.97 Å². The summed E-state index contributed by atoms with van der Waals surface area (Å²) in [5.41, 5.74) is 5.09. The van der Waals surface area contributed by atoms with Gasteiger partial charge in [0.1, 0.15) is 17.7 Å². The Bertz CT molecular complexity index is 1150. The van der Waals surface area contributed by atoms with Crippen molar-refractivity contribution in [2.24, 2.45) is 5.41 Å². The minimum absolute atomic E-state index is 0.0293. The normalized spacial score (nSPS) is 24.6. The number of cyclic esters (lactones) is 1. The predicted octanol–water partition coefficient (Wildman–Crippen LogP) is 6.39. The lowest BCUT2D eigenvalue weighted by molar-refractivity contribution is -0.156. The van der Waals surface area contributed by atoms with Crippen molar-refractivity contribution in [3.63, 3.8) is 0 Å². The molecule has 176 valence electrons. The molecule has 1 N–H and O–H groups in total. The molecule has 5 rings (SSSR count). The highest BCUT2D eigenvalue weighted by Crippen LogP contribution is 2.55. The van der Waals surface area contributed by atoms with Gasteiger partial charge in [0.25, 0.3) is 0 Å². The van der Waals surface area contributed by atoms with Crippen LogP contribution in [0.4, 0.5) is 8.78 Å². The van der Waals surface area contributed by atoms with Gasteiger partial charge < -0.3 is 9.84 Å². The summed E-state index contributed by atoms with van der Waals surface area (Å²) in [7, 11) is 0. The van der Waals surface area contributed by atoms with Crippen molar-refractivity contribution in [2.45, 2.75) is 57.2 Å². The highest BCUT2D eigenvalue weighted by Gasteiger charge is 2.41. The zero-order chi connectivity index (χ0) is 23.7. The van der Waals surface area contributed by atoms with Crippen LogP contribution in [-0.4, -0.2) is 23.3 Å². The summed E-state index contributed by atoms with van der Waals surface area (Å²) in [5.74, 6) is -0.949. The molecular formula is C29H28F2O3. The van der Waals surface area contributed by atoms with E-state index in [1.807, 2.05) is 18.2 Å². The lowest BCUT2D eigenvalue weighted by Gasteiger charge is -2.38. The van der Waals surface area contributed by atoms with E-state index >= 15 is 0 Å². The van der Waals surface area contributed by atoms with E-state index in [4.69, 9.17) is 4.74 Å². The Kier molecular flexibility index (Phi) is 6.22. The fourth-order valence-corrected chi connectivity index (χ4v) is 5.66. The summed E-state index contributed by atoms with van der Waals surface area (Å²) in [6, 6.07) is 13.1. The van der Waals surface area contributed by atoms with Crippen LogP contribution in [0.3, 0.4) is 0 Å². The van der Waals surface area contributed by atoms with E-state index in [0.29, 0.717) is 6.42 Å². The Balaban J connectivity index is 1.63. The molecule has 1 spiro atoms. The molecule has 34 heavy (non-hydrogen) atoms. The van der Waals surface area contributed by atoms with Crippen molar-refractivity contribution < 1.29 is 23.4 Å². The minimum atomic E-state index is -0.696. The maximum atomic E-state index is 13.7. The van der Waals surface area contributed by atoms with E-state index in [9.17, 15) is 18.7 Å². The van der Waals surface area contributed by atoms with Gasteiger partial charge in [0, 0.05) is 6.42 Å². The van der Waals surface area contributed by atoms with Crippen LogP contribution in [-0.2, 0) is 9.53 Å². The number of esters is 1. The van der Waals surface area contributed by atoms with Crippen molar-refractivity contribution in [2.75, 3.05) is 0 Å². The van der Waals surface area contributed by atoms with Gasteiger partial charge in [0.15, 0.2) is 0 Å². The van der Waals surface area contributed by atoms with Gasteiger partial charge in [-0.2, -0.15) is 0 Å². The molecule has 1 aliphatic heterocycles. The molecule has 2 aromatic carbocycles. The number of benzene rings is 2. The van der Waals surface area contributed by atoms with Gasteiger partial charge in [-0.25, -0.2) is 8.78 Å². The molecule has 0 radical (unpaired) electrons. The molecular weight excluding hydrogens is 434 g/mol. The predicted molar refractivity (Wildman–Crippen MR) is 127 cm³/mol. The van der Waals surface area contributed by atoms with Gasteiger partial charge in [0.05, 0.1) is 12.5 Å². The van der Waals surface area contributed by atoms with Gasteiger partial charge in [-0.15, -0.1) is 0 Å². The maximum absolute atomic E-state index is 13.7. The minimum Gasteiger partial charge on any atom is -0.458 e. The van der Waals surface area contributed by atoms with E-state index in [2.05, 4.69) is 12.2 Å². The van der Waals surface area contributed by atoms with Crippen molar-refractivity contribution in [1.29, 1.82) is 0 Å². The number of hydrogen-bond donors (Lipinski definition) is 1. The summed E-state index contributed by atoms with van der Waals surface area (Å²) in [6.45, 7) is 0. The summed E-state index contributed by atoms with van der Waals surface area (Å²) in [5, 5.41) is 10.0. The van der Waals surface area contributed by atoms with Crippen LogP contribution >= 0.6 is 0 Å². The third kappa shape index (κ3) is 4.62. The topological polar surface area (TPSA) is 46.5 Å². The van der Waals surface area contributed by atoms with Crippen molar-refractivity contribution in [3.8, 4) is 0 Å². The van der Waals surface area contributed by atoms with Crippen LogP contribution in [0, 0.1) is 17.0 Å². The Hall–Kier alpha value is -3.05. The molecule has 2 atom stereocenters. The first-order chi connectivity index (χ1) is 16.4. The molecule has 2 fully saturated rings. The first-order valence-corrected chi connectivity index (χ1v) is 11.9. The first-order valence-electron chi connectivity index (χ1n) is 11.9. The second-order valence-electron chi connectivity index (χ2n) is 9.66. The number of carbonyl (C=O) groups is 1. The molecule has 2 aliphatic carbocycles. The van der Waals surface area contributed by atoms with Crippen LogP contribution < -0.4 is 0 Å². The Morgan fingerprint density at radius 3 is 2.18 bits per heavy atom. The number of aliphatic hydroxyl groups is 1. The van der Waals surface area contributed by atoms with Crippen LogP contribution in [0.25, 0.3) is 11.1 Å². The van der Waals surface area contributed by atoms with Crippen LogP contribution in [0.5, 0.6) is 0 Å². The number of carbonyl (C=O) groups excluding carboxylic acids is 1. The zero-order valence-electron chi connectivity index (χ0n) is 19.0. The maximum Gasteiger partial charge on any atom is 0.309 e. The van der Waals surface area contributed by atoms with Crippen LogP contribution in [0.1, 0.15) is 56.1 Å². The monoisotopic (exact) mass is 462 g/mol. The lowest BCUT2D eigenvalue weighted by atomic mass is 9.66. The van der Waals surface area contributed by atoms with Gasteiger partial charge in [-0.1, -0.05) is 49.3 Å². The number of aliphatic hydroxyl groups excluding tert-OH is 1. The summed E-state index contributed by atoms with van der Waals surface area (Å²) in [6.07, 6.45) is 10.4. The zero-order valence-corrected chi connectivity index (χ0v) is 19.0. The molecule has 0 bridgehead atoms. The van der Waals surface area contributed by atoms with Gasteiger partial charge in [-0.3, -0.25) is 4.79 Å². The fraction of sp³-hybridized carbons (Fsp3) is 0.345. The molecule has 1 saturated carbocycles. The van der Waals surface area contributed by atoms with E-state index in [1.165, 1.54) is 24.3 Å². The largest absolute Gasteiger partial charge is 0.458 e. The molecule has 2 unspecified atom stereocenters. The van der Waals surface area contributed by atoms with Crippen molar-refractivity contribution >= 4 is 17.1 Å². The molecule has 3 aliphatic rings. The van der Waals surface area contributed by atoms with Gasteiger partial charge in [-0.05, 0) is 82.9 Å². The second kappa shape index (κ2) is 9.30. The molecule has 1 heterocycles. The molecule has 0 aromatic heterocycles. The third-order valence-corrected chi connectivity index (χ3v) is 7.31. The Morgan fingerprint density at radius 1 is 0.941 bits per heavy atom. The number of rotatable bonds is 4. The van der Waals surface area contributed by atoms with E-state index in [-0.39, 0.29) is 29.4 Å². The van der Waals surface area contributed by atoms with E-state index < -0.39 is 12.2 Å². The lowest BCUT2D eigenvalue weighted by Crippen LogP contribution is -2.31. The average molecular weight is 463 g/mol. The van der Waals surface area contributed by atoms with Crippen LogP contribution in [0.2, 0.25) is 0 Å². The Labute approximate surface area is 198 Å². The number of allylic oxidation sites excluding steroid dienone is 5. The smallest absolute Gasteiger partial charge is 0.309 e. The highest BCUT2D eigenvalue weighted by molar-refractivity contribution is 5.90. The summed E-state index contributed by atoms with van der Waals surface area (Å²) < 4.78 is 32.8. The highest BCUT2D eigenvalue weighted by atomic mass is 19.1. The SMILES string of the molecule is O=C1CC(O)CC(C=CC2=C(c3ccc(F)cc3)C=C(c3ccc(F)cc3)CC23CCCC3)O1. The Morgan fingerprint density at radius 2 is 1.56 bits per heavy atom. The number of ether oxygens (including phenoxy) is 1. The molecule has 1 saturated heterocycles. The van der Waals surface area contributed by atoms with Gasteiger partial charge in [0.2, 0.25) is 0 Å². The van der Waals surface area contributed by atoms with Crippen molar-refractivity contribution in [3.05, 3.63) is 95.1 Å². The molecule has 2 aromatic rings. The quantitative estimate of drug-likeness (QED) is 0.536. The molecule has 5 heteroatoms. The molecule has 0 amide bonds. The van der Waals surface area contributed by atoms with Crippen molar-refractivity contribution in [1.82, 2.24) is 0 Å². The summed E-state index contributed by atoms with van der Waals surface area (Å²) >= 11 is 0.